The van der Waals surface area contributed by atoms with Gasteiger partial charge in [0.2, 0.25) is 0 Å². The Morgan fingerprint density at radius 3 is 2.58 bits per heavy atom. The molecule has 19 heavy (non-hydrogen) atoms. The van der Waals surface area contributed by atoms with Gasteiger partial charge in [0.05, 0.1) is 17.6 Å². The molecule has 1 aromatic heterocycles. The minimum atomic E-state index is -1.04. The Bertz CT molecular complexity index is 617. The largest absolute Gasteiger partial charge is 0.389 e. The van der Waals surface area contributed by atoms with Crippen LogP contribution in [0.5, 0.6) is 0 Å². The van der Waals surface area contributed by atoms with Crippen molar-refractivity contribution >= 4 is 28.6 Å². The highest BCUT2D eigenvalue weighted by Crippen LogP contribution is 2.28. The first-order chi connectivity index (χ1) is 9.02. The van der Waals surface area contributed by atoms with Gasteiger partial charge in [-0.15, -0.1) is 0 Å². The first-order valence-corrected chi connectivity index (χ1v) is 5.84. The molecule has 0 saturated carbocycles. The van der Waals surface area contributed by atoms with Gasteiger partial charge < -0.3 is 10.6 Å². The van der Waals surface area contributed by atoms with Gasteiger partial charge in [-0.3, -0.25) is 4.98 Å². The maximum absolute atomic E-state index is 14.0. The van der Waals surface area contributed by atoms with Crippen molar-refractivity contribution in [1.82, 2.24) is 4.98 Å². The van der Waals surface area contributed by atoms with E-state index in [1.165, 1.54) is 17.0 Å². The number of thiocarbonyl (C=S) groups is 1. The third kappa shape index (κ3) is 2.53. The monoisotopic (exact) mass is 279 g/mol. The Labute approximate surface area is 114 Å². The zero-order valence-corrected chi connectivity index (χ0v) is 10.9. The Morgan fingerprint density at radius 2 is 2.00 bits per heavy atom. The van der Waals surface area contributed by atoms with Crippen molar-refractivity contribution in [2.45, 2.75) is 0 Å². The molecule has 0 spiro atoms. The lowest BCUT2D eigenvalue weighted by Gasteiger charge is -2.20. The van der Waals surface area contributed by atoms with Crippen LogP contribution in [0.4, 0.5) is 20.2 Å². The van der Waals surface area contributed by atoms with Crippen LogP contribution >= 0.6 is 12.2 Å². The van der Waals surface area contributed by atoms with Gasteiger partial charge in [0.25, 0.3) is 0 Å². The van der Waals surface area contributed by atoms with Crippen molar-refractivity contribution < 1.29 is 8.78 Å². The zero-order valence-electron chi connectivity index (χ0n) is 10.1. The maximum atomic E-state index is 14.0. The van der Waals surface area contributed by atoms with Crippen LogP contribution < -0.4 is 10.6 Å². The SMILES string of the molecule is CN(c1cccnc1)c1ccc(C(N)=S)c(F)c1F. The average molecular weight is 279 g/mol. The Hall–Kier alpha value is -2.08. The van der Waals surface area contributed by atoms with Gasteiger partial charge in [-0.05, 0) is 24.3 Å². The molecule has 2 rings (SSSR count). The molecule has 2 aromatic rings. The van der Waals surface area contributed by atoms with E-state index in [0.717, 1.165) is 0 Å². The van der Waals surface area contributed by atoms with Gasteiger partial charge in [-0.1, -0.05) is 12.2 Å². The number of anilines is 2. The highest BCUT2D eigenvalue weighted by molar-refractivity contribution is 7.80. The van der Waals surface area contributed by atoms with E-state index in [-0.39, 0.29) is 16.2 Å². The van der Waals surface area contributed by atoms with Crippen LogP contribution in [0.1, 0.15) is 5.56 Å². The summed E-state index contributed by atoms with van der Waals surface area (Å²) in [5.41, 5.74) is 5.95. The lowest BCUT2D eigenvalue weighted by molar-refractivity contribution is 0.508. The van der Waals surface area contributed by atoms with E-state index in [9.17, 15) is 8.78 Å². The van der Waals surface area contributed by atoms with Gasteiger partial charge in [0, 0.05) is 18.8 Å². The van der Waals surface area contributed by atoms with Gasteiger partial charge in [-0.2, -0.15) is 0 Å². The van der Waals surface area contributed by atoms with Crippen LogP contribution in [-0.2, 0) is 0 Å². The number of benzene rings is 1. The average Bonchev–Trinajstić information content (AvgIpc) is 2.41. The number of rotatable bonds is 3. The van der Waals surface area contributed by atoms with Gasteiger partial charge >= 0.3 is 0 Å². The molecular formula is C13H11F2N3S. The molecule has 0 saturated heterocycles. The lowest BCUT2D eigenvalue weighted by atomic mass is 10.1. The topological polar surface area (TPSA) is 42.2 Å². The maximum Gasteiger partial charge on any atom is 0.183 e. The molecule has 0 unspecified atom stereocenters. The number of hydrogen-bond acceptors (Lipinski definition) is 3. The van der Waals surface area contributed by atoms with Gasteiger partial charge in [0.1, 0.15) is 4.99 Å². The highest BCUT2D eigenvalue weighted by Gasteiger charge is 2.18. The van der Waals surface area contributed by atoms with E-state index in [4.69, 9.17) is 5.73 Å². The summed E-state index contributed by atoms with van der Waals surface area (Å²) in [5.74, 6) is -2.03. The summed E-state index contributed by atoms with van der Waals surface area (Å²) in [6.07, 6.45) is 3.16. The molecule has 0 aliphatic carbocycles. The fraction of sp³-hybridized carbons (Fsp3) is 0.0769. The van der Waals surface area contributed by atoms with Crippen LogP contribution in [0, 0.1) is 11.6 Å². The molecule has 98 valence electrons. The minimum Gasteiger partial charge on any atom is -0.389 e. The number of nitrogens with zero attached hydrogens (tertiary/aromatic N) is 2. The summed E-state index contributed by atoms with van der Waals surface area (Å²) >= 11 is 4.66. The molecule has 0 amide bonds. The number of halogens is 2. The summed E-state index contributed by atoms with van der Waals surface area (Å²) in [4.78, 5) is 5.25. The van der Waals surface area contributed by atoms with E-state index in [1.54, 1.807) is 31.6 Å². The van der Waals surface area contributed by atoms with Crippen LogP contribution in [0.15, 0.2) is 36.7 Å². The number of aromatic nitrogens is 1. The van der Waals surface area contributed by atoms with E-state index < -0.39 is 11.6 Å². The van der Waals surface area contributed by atoms with Crippen molar-refractivity contribution in [3.63, 3.8) is 0 Å². The number of hydrogen-bond donors (Lipinski definition) is 1. The molecule has 0 aliphatic rings. The Balaban J connectivity index is 2.47. The molecular weight excluding hydrogens is 268 g/mol. The summed E-state index contributed by atoms with van der Waals surface area (Å²) in [7, 11) is 1.62. The van der Waals surface area contributed by atoms with Crippen molar-refractivity contribution in [3.8, 4) is 0 Å². The Kier molecular flexibility index (Phi) is 3.71. The van der Waals surface area contributed by atoms with Crippen LogP contribution in [0.2, 0.25) is 0 Å². The predicted octanol–water partition coefficient (Wildman–Crippen LogP) is 2.76. The molecule has 0 bridgehead atoms. The summed E-state index contributed by atoms with van der Waals surface area (Å²) < 4.78 is 27.8. The summed E-state index contributed by atoms with van der Waals surface area (Å²) in [6.45, 7) is 0. The van der Waals surface area contributed by atoms with Crippen LogP contribution in [0.25, 0.3) is 0 Å². The van der Waals surface area contributed by atoms with Crippen molar-refractivity contribution in [2.24, 2.45) is 5.73 Å². The van der Waals surface area contributed by atoms with Crippen molar-refractivity contribution in [3.05, 3.63) is 53.9 Å². The summed E-state index contributed by atoms with van der Waals surface area (Å²) in [5, 5.41) is 0. The van der Waals surface area contributed by atoms with Crippen LogP contribution in [-0.4, -0.2) is 17.0 Å². The quantitative estimate of drug-likeness (QED) is 0.877. The third-order valence-corrected chi connectivity index (χ3v) is 2.94. The third-order valence-electron chi connectivity index (χ3n) is 2.72. The molecule has 6 heteroatoms. The van der Waals surface area contributed by atoms with Gasteiger partial charge in [0.15, 0.2) is 11.6 Å². The second-order valence-electron chi connectivity index (χ2n) is 3.89. The van der Waals surface area contributed by atoms with Crippen molar-refractivity contribution in [2.75, 3.05) is 11.9 Å². The van der Waals surface area contributed by atoms with Gasteiger partial charge in [-0.25, -0.2) is 8.78 Å². The predicted molar refractivity (Wildman–Crippen MR) is 74.5 cm³/mol. The second kappa shape index (κ2) is 5.27. The zero-order chi connectivity index (χ0) is 14.0. The van der Waals surface area contributed by atoms with Crippen molar-refractivity contribution in [1.29, 1.82) is 0 Å². The molecule has 0 fully saturated rings. The van der Waals surface area contributed by atoms with E-state index in [2.05, 4.69) is 17.2 Å². The molecule has 0 radical (unpaired) electrons. The summed E-state index contributed by atoms with van der Waals surface area (Å²) in [6, 6.07) is 6.25. The Morgan fingerprint density at radius 1 is 1.26 bits per heavy atom. The molecule has 1 aromatic carbocycles. The smallest absolute Gasteiger partial charge is 0.183 e. The molecule has 2 N–H and O–H groups in total. The highest BCUT2D eigenvalue weighted by atomic mass is 32.1. The number of nitrogens with two attached hydrogens (primary N) is 1. The van der Waals surface area contributed by atoms with E-state index in [0.29, 0.717) is 5.69 Å². The fourth-order valence-corrected chi connectivity index (χ4v) is 1.84. The van der Waals surface area contributed by atoms with Crippen LogP contribution in [0.3, 0.4) is 0 Å². The van der Waals surface area contributed by atoms with E-state index >= 15 is 0 Å². The molecule has 0 atom stereocenters. The fourth-order valence-electron chi connectivity index (χ4n) is 1.68. The normalized spacial score (nSPS) is 10.3. The molecule has 1 heterocycles. The second-order valence-corrected chi connectivity index (χ2v) is 4.33. The molecule has 3 nitrogen and oxygen atoms in total. The first-order valence-electron chi connectivity index (χ1n) is 5.44. The molecule has 0 aliphatic heterocycles. The lowest BCUT2D eigenvalue weighted by Crippen LogP contribution is -2.16. The number of pyridine rings is 1. The van der Waals surface area contributed by atoms with E-state index in [1.807, 2.05) is 0 Å². The standard InChI is InChI=1S/C13H11F2N3S/c1-18(8-3-2-6-17-7-8)10-5-4-9(13(16)19)11(14)12(10)15/h2-7H,1H3,(H2,16,19). The minimum absolute atomic E-state index is 0.0884. The first kappa shape index (κ1) is 13.4.